The molecule has 0 radical (unpaired) electrons. The van der Waals surface area contributed by atoms with Crippen molar-refractivity contribution in [1.82, 2.24) is 0 Å². The second kappa shape index (κ2) is 9.73. The number of hydrogen-bond acceptors (Lipinski definition) is 0. The van der Waals surface area contributed by atoms with E-state index < -0.39 is 25.8 Å². The van der Waals surface area contributed by atoms with E-state index in [0.29, 0.717) is 3.63 Å². The van der Waals surface area contributed by atoms with Crippen molar-refractivity contribution in [2.24, 2.45) is 0 Å². The second-order valence-corrected chi connectivity index (χ2v) is 27.9. The number of hydrogen-bond donors (Lipinski definition) is 0. The summed E-state index contributed by atoms with van der Waals surface area (Å²) in [6, 6.07) is 17.7. The van der Waals surface area contributed by atoms with Gasteiger partial charge in [0, 0.05) is 0 Å². The molecule has 0 spiro atoms. The van der Waals surface area contributed by atoms with E-state index in [4.69, 9.17) is 11.6 Å². The first-order valence-electron chi connectivity index (χ1n) is 11.9. The molecule has 0 heterocycles. The van der Waals surface area contributed by atoms with Gasteiger partial charge in [0.1, 0.15) is 0 Å². The van der Waals surface area contributed by atoms with E-state index in [1.54, 1.807) is 27.9 Å². The van der Waals surface area contributed by atoms with Crippen LogP contribution >= 0.6 is 11.6 Å². The van der Waals surface area contributed by atoms with Gasteiger partial charge >= 0.3 is 209 Å². The van der Waals surface area contributed by atoms with Crippen LogP contribution in [0, 0.1) is 0 Å². The molecule has 1 atom stereocenters. The summed E-state index contributed by atoms with van der Waals surface area (Å²) < 4.78 is 1.31. The molecule has 0 fully saturated rings. The zero-order chi connectivity index (χ0) is 23.2. The Morgan fingerprint density at radius 3 is 2.03 bits per heavy atom. The molecule has 0 amide bonds. The molecule has 0 nitrogen and oxygen atoms in total. The Hall–Kier alpha value is -0.950. The average Bonchev–Trinajstić information content (AvgIpc) is 3.19. The van der Waals surface area contributed by atoms with E-state index in [0.717, 1.165) is 8.65 Å². The van der Waals surface area contributed by atoms with E-state index in [1.165, 1.54) is 35.1 Å². The normalized spacial score (nSPS) is 18.7. The molecule has 0 N–H and O–H groups in total. The zero-order valence-corrected chi connectivity index (χ0v) is 24.8. The first-order chi connectivity index (χ1) is 15.3. The Balaban J connectivity index is 2.04. The van der Waals surface area contributed by atoms with Crippen LogP contribution in [-0.2, 0) is 20.4 Å². The summed E-state index contributed by atoms with van der Waals surface area (Å²) in [4.78, 5) is 0. The molecular weight excluding hydrogens is 503 g/mol. The van der Waals surface area contributed by atoms with Crippen LogP contribution in [0.15, 0.2) is 76.4 Å². The van der Waals surface area contributed by atoms with Crippen LogP contribution in [-0.4, -0.2) is 5.43 Å². The van der Waals surface area contributed by atoms with Gasteiger partial charge in [0.2, 0.25) is 0 Å². The fourth-order valence-electron chi connectivity index (χ4n) is 5.93. The summed E-state index contributed by atoms with van der Waals surface area (Å²) in [5.41, 5.74) is 13.4. The molecule has 2 aliphatic carbocycles. The van der Waals surface area contributed by atoms with Crippen molar-refractivity contribution >= 4 is 22.6 Å². The van der Waals surface area contributed by atoms with Gasteiger partial charge in [-0.05, 0) is 0 Å². The fraction of sp³-hybridized carbons (Fsp3) is 0.379. The van der Waals surface area contributed by atoms with Gasteiger partial charge in [-0.3, -0.25) is 0 Å². The third kappa shape index (κ3) is 3.95. The third-order valence-corrected chi connectivity index (χ3v) is 27.8. The fourth-order valence-corrected chi connectivity index (χ4v) is 27.9. The summed E-state index contributed by atoms with van der Waals surface area (Å²) in [7, 11) is 0. The summed E-state index contributed by atoms with van der Waals surface area (Å²) in [6.45, 7) is 17.1. The SMILES string of the molecule is CCCC1=C(c2ccccc2)c2cccc(Cl)c2[CH]1[Zr]([CH]1C(C)=C(C)C(C)=C1C)=[Si](C)C. The minimum absolute atomic E-state index is 0.428. The van der Waals surface area contributed by atoms with Crippen molar-refractivity contribution in [3.05, 3.63) is 98.1 Å². The number of benzene rings is 2. The first-order valence-corrected chi connectivity index (χ1v) is 21.3. The zero-order valence-electron chi connectivity index (χ0n) is 20.6. The van der Waals surface area contributed by atoms with E-state index in [-0.39, 0.29) is 0 Å². The number of rotatable bonds is 5. The van der Waals surface area contributed by atoms with Crippen LogP contribution in [0.5, 0.6) is 0 Å². The van der Waals surface area contributed by atoms with Crippen molar-refractivity contribution in [3.63, 3.8) is 0 Å². The summed E-state index contributed by atoms with van der Waals surface area (Å²) in [5, 5.41) is 0.989. The molecule has 3 heteroatoms. The summed E-state index contributed by atoms with van der Waals surface area (Å²) >= 11 is 5.01. The third-order valence-electron chi connectivity index (χ3n) is 7.67. The number of halogens is 1. The molecule has 1 unspecified atom stereocenters. The van der Waals surface area contributed by atoms with E-state index in [1.807, 2.05) is 0 Å². The Labute approximate surface area is 207 Å². The quantitative estimate of drug-likeness (QED) is 0.333. The maximum absolute atomic E-state index is 7.06. The van der Waals surface area contributed by atoms with E-state index >= 15 is 0 Å². The molecular formula is C29H35ClSiZr. The summed E-state index contributed by atoms with van der Waals surface area (Å²) in [5.74, 6) is 0. The molecule has 0 aromatic heterocycles. The minimum atomic E-state index is -2.06. The Morgan fingerprint density at radius 1 is 0.844 bits per heavy atom. The summed E-state index contributed by atoms with van der Waals surface area (Å²) in [6.07, 6.45) is 2.36. The standard InChI is InChI=1S/C18H16Cl.C9H13.C2H6Si.Zr/c1-2-7-14-12-16-15(10-6-11-17(16)19)18(14)13-8-4-3-5-9-13;1-6-5-7(2)9(4)8(6)3;1-3-2;/h3-6,8-12H,2,7H2,1H3;5H,1-4H3;1-2H3;. The predicted octanol–water partition coefficient (Wildman–Crippen LogP) is 9.34. The monoisotopic (exact) mass is 536 g/mol. The molecule has 0 saturated carbocycles. The Bertz CT molecular complexity index is 1170. The van der Waals surface area contributed by atoms with Crippen LogP contribution in [0.2, 0.25) is 21.7 Å². The molecule has 2 aromatic carbocycles. The number of fused-ring (bicyclic) bond motifs is 1. The van der Waals surface area contributed by atoms with Gasteiger partial charge in [-0.1, -0.05) is 0 Å². The molecule has 32 heavy (non-hydrogen) atoms. The topological polar surface area (TPSA) is 0 Å². The Kier molecular flexibility index (Phi) is 7.35. The second-order valence-electron chi connectivity index (χ2n) is 9.65. The predicted molar refractivity (Wildman–Crippen MR) is 140 cm³/mol. The molecule has 0 aliphatic heterocycles. The molecule has 4 rings (SSSR count). The van der Waals surface area contributed by atoms with Crippen molar-refractivity contribution in [3.8, 4) is 0 Å². The van der Waals surface area contributed by atoms with E-state index in [9.17, 15) is 0 Å². The van der Waals surface area contributed by atoms with Gasteiger partial charge in [-0.25, -0.2) is 0 Å². The molecule has 166 valence electrons. The van der Waals surface area contributed by atoms with Gasteiger partial charge in [-0.2, -0.15) is 0 Å². The molecule has 2 aliphatic rings. The van der Waals surface area contributed by atoms with Gasteiger partial charge in [0.25, 0.3) is 0 Å². The Morgan fingerprint density at radius 2 is 1.47 bits per heavy atom. The van der Waals surface area contributed by atoms with Crippen LogP contribution in [0.1, 0.15) is 67.8 Å². The van der Waals surface area contributed by atoms with Crippen molar-refractivity contribution in [2.45, 2.75) is 67.8 Å². The van der Waals surface area contributed by atoms with Gasteiger partial charge in [0.15, 0.2) is 0 Å². The average molecular weight is 538 g/mol. The molecule has 0 bridgehead atoms. The van der Waals surface area contributed by atoms with Gasteiger partial charge in [-0.15, -0.1) is 0 Å². The van der Waals surface area contributed by atoms with Gasteiger partial charge < -0.3 is 0 Å². The molecule has 2 aromatic rings. The van der Waals surface area contributed by atoms with E-state index in [2.05, 4.69) is 96.2 Å². The number of allylic oxidation sites excluding steroid dienone is 5. The van der Waals surface area contributed by atoms with Crippen molar-refractivity contribution in [1.29, 1.82) is 0 Å². The van der Waals surface area contributed by atoms with Crippen LogP contribution in [0.3, 0.4) is 0 Å². The van der Waals surface area contributed by atoms with Crippen molar-refractivity contribution < 1.29 is 20.4 Å². The van der Waals surface area contributed by atoms with Crippen molar-refractivity contribution in [2.75, 3.05) is 0 Å². The van der Waals surface area contributed by atoms with Crippen LogP contribution < -0.4 is 0 Å². The van der Waals surface area contributed by atoms with Crippen LogP contribution in [0.4, 0.5) is 0 Å². The molecule has 0 saturated heterocycles. The van der Waals surface area contributed by atoms with Crippen LogP contribution in [0.25, 0.3) is 5.57 Å². The first kappa shape index (κ1) is 24.2. The maximum atomic E-state index is 7.06. The van der Waals surface area contributed by atoms with Gasteiger partial charge in [0.05, 0.1) is 0 Å².